The van der Waals surface area contributed by atoms with E-state index in [1.807, 2.05) is 32.9 Å². The second-order valence-corrected chi connectivity index (χ2v) is 6.27. The van der Waals surface area contributed by atoms with Crippen molar-refractivity contribution in [2.45, 2.75) is 25.5 Å². The summed E-state index contributed by atoms with van der Waals surface area (Å²) in [5.41, 5.74) is 1.36. The van der Waals surface area contributed by atoms with E-state index < -0.39 is 11.0 Å². The molecule has 0 heterocycles. The Bertz CT molecular complexity index is 467. The first-order valence-electron chi connectivity index (χ1n) is 4.90. The summed E-state index contributed by atoms with van der Waals surface area (Å²) < 4.78 is 15.3. The van der Waals surface area contributed by atoms with Gasteiger partial charge in [0.05, 0.1) is 16.4 Å². The number of benzene rings is 1. The molecule has 84 valence electrons. The lowest BCUT2D eigenvalue weighted by molar-refractivity contribution is 0.651. The molecule has 0 aliphatic heterocycles. The summed E-state index contributed by atoms with van der Waals surface area (Å²) in [7, 11) is -1.26. The van der Waals surface area contributed by atoms with Gasteiger partial charge in [-0.3, -0.25) is 0 Å². The molecule has 0 saturated carbocycles. The van der Waals surface area contributed by atoms with Crippen LogP contribution >= 0.6 is 0 Å². The van der Waals surface area contributed by atoms with E-state index >= 15 is 0 Å². The van der Waals surface area contributed by atoms with Gasteiger partial charge in [0.2, 0.25) is 0 Å². The van der Waals surface area contributed by atoms with Crippen LogP contribution in [0.15, 0.2) is 28.7 Å². The maximum Gasteiger partial charge on any atom is 0.144 e. The molecule has 0 aromatic heterocycles. The van der Waals surface area contributed by atoms with Crippen LogP contribution in [0.4, 0.5) is 0 Å². The van der Waals surface area contributed by atoms with Crippen LogP contribution in [0.25, 0.3) is 0 Å². The van der Waals surface area contributed by atoms with Crippen molar-refractivity contribution in [1.29, 1.82) is 5.26 Å². The minimum Gasteiger partial charge on any atom is -0.234 e. The van der Waals surface area contributed by atoms with Crippen LogP contribution in [0, 0.1) is 11.3 Å². The van der Waals surface area contributed by atoms with Gasteiger partial charge in [0, 0.05) is 6.21 Å². The van der Waals surface area contributed by atoms with Crippen LogP contribution in [-0.4, -0.2) is 15.2 Å². The molecule has 0 spiro atoms. The van der Waals surface area contributed by atoms with E-state index in [4.69, 9.17) is 5.26 Å². The highest BCUT2D eigenvalue weighted by Gasteiger charge is 2.17. The highest BCUT2D eigenvalue weighted by molar-refractivity contribution is 7.85. The smallest absolute Gasteiger partial charge is 0.144 e. The highest BCUT2D eigenvalue weighted by atomic mass is 32.2. The average Bonchev–Trinajstić information content (AvgIpc) is 2.25. The van der Waals surface area contributed by atoms with Crippen LogP contribution in [0.2, 0.25) is 0 Å². The van der Waals surface area contributed by atoms with Crippen molar-refractivity contribution in [3.8, 4) is 6.07 Å². The summed E-state index contributed by atoms with van der Waals surface area (Å²) in [5, 5.41) is 8.71. The zero-order valence-electron chi connectivity index (χ0n) is 9.60. The Morgan fingerprint density at radius 1 is 1.44 bits per heavy atom. The van der Waals surface area contributed by atoms with Crippen molar-refractivity contribution in [2.75, 3.05) is 0 Å². The van der Waals surface area contributed by atoms with Gasteiger partial charge >= 0.3 is 0 Å². The largest absolute Gasteiger partial charge is 0.234 e. The Labute approximate surface area is 98.4 Å². The fraction of sp³-hybridized carbons (Fsp3) is 0.333. The van der Waals surface area contributed by atoms with E-state index in [0.29, 0.717) is 5.56 Å². The van der Waals surface area contributed by atoms with Gasteiger partial charge in [0.1, 0.15) is 11.0 Å². The number of hydrogen-bond donors (Lipinski definition) is 0. The van der Waals surface area contributed by atoms with Crippen molar-refractivity contribution >= 4 is 17.2 Å². The molecule has 0 bridgehead atoms. The second kappa shape index (κ2) is 5.04. The van der Waals surface area contributed by atoms with Gasteiger partial charge in [-0.05, 0) is 38.5 Å². The zero-order chi connectivity index (χ0) is 12.2. The molecule has 3 nitrogen and oxygen atoms in total. The maximum atomic E-state index is 11.6. The topological polar surface area (TPSA) is 53.2 Å². The third-order valence-electron chi connectivity index (χ3n) is 1.84. The molecule has 0 N–H and O–H groups in total. The molecule has 0 radical (unpaired) electrons. The van der Waals surface area contributed by atoms with Crippen LogP contribution in [0.3, 0.4) is 0 Å². The van der Waals surface area contributed by atoms with Crippen molar-refractivity contribution in [3.05, 3.63) is 35.4 Å². The van der Waals surface area contributed by atoms with Gasteiger partial charge in [-0.1, -0.05) is 12.1 Å². The molecule has 0 saturated heterocycles. The summed E-state index contributed by atoms with van der Waals surface area (Å²) in [6.07, 6.45) is 1.54. The normalized spacial score (nSPS) is 13.6. The highest BCUT2D eigenvalue weighted by Crippen LogP contribution is 2.12. The van der Waals surface area contributed by atoms with E-state index in [-0.39, 0.29) is 4.75 Å². The molecular weight excluding hydrogens is 220 g/mol. The quantitative estimate of drug-likeness (QED) is 0.738. The van der Waals surface area contributed by atoms with Crippen LogP contribution < -0.4 is 0 Å². The van der Waals surface area contributed by atoms with Gasteiger partial charge < -0.3 is 0 Å². The molecule has 16 heavy (non-hydrogen) atoms. The molecule has 0 fully saturated rings. The van der Waals surface area contributed by atoms with Gasteiger partial charge in [0.25, 0.3) is 0 Å². The van der Waals surface area contributed by atoms with Crippen molar-refractivity contribution < 1.29 is 4.21 Å². The fourth-order valence-corrected chi connectivity index (χ4v) is 1.49. The van der Waals surface area contributed by atoms with Gasteiger partial charge in [0.15, 0.2) is 0 Å². The minimum absolute atomic E-state index is 0.358. The van der Waals surface area contributed by atoms with Crippen molar-refractivity contribution in [3.63, 3.8) is 0 Å². The molecule has 4 heteroatoms. The fourth-order valence-electron chi connectivity index (χ4n) is 0.955. The molecule has 0 aliphatic carbocycles. The van der Waals surface area contributed by atoms with Gasteiger partial charge in [-0.2, -0.15) is 9.66 Å². The maximum absolute atomic E-state index is 11.6. The van der Waals surface area contributed by atoms with Gasteiger partial charge in [-0.25, -0.2) is 4.21 Å². The molecule has 1 atom stereocenters. The summed E-state index contributed by atoms with van der Waals surface area (Å²) in [4.78, 5) is 0. The lowest BCUT2D eigenvalue weighted by Gasteiger charge is -2.12. The van der Waals surface area contributed by atoms with Crippen LogP contribution in [-0.2, 0) is 11.0 Å². The Hall–Kier alpha value is -1.47. The number of rotatable bonds is 2. The zero-order valence-corrected chi connectivity index (χ0v) is 10.4. The number of nitriles is 1. The van der Waals surface area contributed by atoms with Crippen LogP contribution in [0.1, 0.15) is 31.9 Å². The standard InChI is InChI=1S/C12H14N2OS/c1-12(2,3)16(15)14-9-11-6-4-5-10(7-11)8-13/h4-7,9H,1-3H3. The first-order chi connectivity index (χ1) is 7.43. The lowest BCUT2D eigenvalue weighted by atomic mass is 10.1. The predicted molar refractivity (Wildman–Crippen MR) is 66.6 cm³/mol. The van der Waals surface area contributed by atoms with Gasteiger partial charge in [-0.15, -0.1) is 0 Å². The second-order valence-electron chi connectivity index (χ2n) is 4.33. The first-order valence-corrected chi connectivity index (χ1v) is 6.00. The molecular formula is C12H14N2OS. The monoisotopic (exact) mass is 234 g/mol. The van der Waals surface area contributed by atoms with E-state index in [1.54, 1.807) is 24.4 Å². The molecule has 0 aliphatic rings. The summed E-state index contributed by atoms with van der Waals surface area (Å²) in [6, 6.07) is 9.08. The molecule has 0 amide bonds. The average molecular weight is 234 g/mol. The lowest BCUT2D eigenvalue weighted by Crippen LogP contribution is -2.19. The third-order valence-corrected chi connectivity index (χ3v) is 3.18. The Morgan fingerprint density at radius 3 is 2.69 bits per heavy atom. The van der Waals surface area contributed by atoms with E-state index in [9.17, 15) is 4.21 Å². The Morgan fingerprint density at radius 2 is 2.12 bits per heavy atom. The Kier molecular flexibility index (Phi) is 3.97. The molecule has 1 unspecified atom stereocenters. The van der Waals surface area contributed by atoms with E-state index in [1.165, 1.54) is 0 Å². The predicted octanol–water partition coefficient (Wildman–Crippen LogP) is 2.44. The van der Waals surface area contributed by atoms with Crippen molar-refractivity contribution in [1.82, 2.24) is 0 Å². The minimum atomic E-state index is -1.26. The first kappa shape index (κ1) is 12.6. The number of hydrogen-bond acceptors (Lipinski definition) is 2. The third kappa shape index (κ3) is 3.59. The van der Waals surface area contributed by atoms with E-state index in [2.05, 4.69) is 4.40 Å². The Balaban J connectivity index is 2.85. The SMILES string of the molecule is CC(C)(C)S(=O)N=Cc1cccc(C#N)c1. The molecule has 1 aromatic carbocycles. The van der Waals surface area contributed by atoms with Crippen LogP contribution in [0.5, 0.6) is 0 Å². The van der Waals surface area contributed by atoms with E-state index in [0.717, 1.165) is 5.56 Å². The summed E-state index contributed by atoms with van der Waals surface area (Å²) >= 11 is 0. The molecule has 1 aromatic rings. The van der Waals surface area contributed by atoms with Crippen molar-refractivity contribution in [2.24, 2.45) is 4.40 Å². The number of nitrogens with zero attached hydrogens (tertiary/aromatic N) is 2. The summed E-state index contributed by atoms with van der Waals surface area (Å²) in [6.45, 7) is 5.60. The molecule has 1 rings (SSSR count). The summed E-state index contributed by atoms with van der Waals surface area (Å²) in [5.74, 6) is 0.